The van der Waals surface area contributed by atoms with Crippen LogP contribution in [-0.4, -0.2) is 42.3 Å². The molecule has 4 nitrogen and oxygen atoms in total. The van der Waals surface area contributed by atoms with Gasteiger partial charge < -0.3 is 9.84 Å². The summed E-state index contributed by atoms with van der Waals surface area (Å²) in [5.74, 6) is -0.880. The topological polar surface area (TPSA) is 49.8 Å². The van der Waals surface area contributed by atoms with Crippen molar-refractivity contribution in [2.45, 2.75) is 6.54 Å². The van der Waals surface area contributed by atoms with Crippen molar-refractivity contribution in [1.29, 1.82) is 0 Å². The molecule has 0 bridgehead atoms. The monoisotopic (exact) mass is 299 g/mol. The van der Waals surface area contributed by atoms with Crippen LogP contribution in [0.5, 0.6) is 0 Å². The fraction of sp³-hybridized carbons (Fsp3) is 0.417. The van der Waals surface area contributed by atoms with Gasteiger partial charge in [-0.05, 0) is 17.7 Å². The number of nitrogens with zero attached hydrogens (tertiary/aromatic N) is 1. The highest BCUT2D eigenvalue weighted by atomic mass is 79.9. The third kappa shape index (κ3) is 3.28. The van der Waals surface area contributed by atoms with Crippen molar-refractivity contribution in [2.24, 2.45) is 0 Å². The minimum Gasteiger partial charge on any atom is -0.478 e. The van der Waals surface area contributed by atoms with Crippen molar-refractivity contribution in [3.8, 4) is 0 Å². The molecule has 1 aliphatic heterocycles. The van der Waals surface area contributed by atoms with E-state index in [4.69, 9.17) is 9.84 Å². The van der Waals surface area contributed by atoms with Gasteiger partial charge in [0.05, 0.1) is 18.8 Å². The summed E-state index contributed by atoms with van der Waals surface area (Å²) in [4.78, 5) is 13.4. The van der Waals surface area contributed by atoms with Gasteiger partial charge in [-0.2, -0.15) is 0 Å². The quantitative estimate of drug-likeness (QED) is 0.927. The molecule has 1 heterocycles. The van der Waals surface area contributed by atoms with E-state index in [9.17, 15) is 4.79 Å². The lowest BCUT2D eigenvalue weighted by Crippen LogP contribution is -2.36. The van der Waals surface area contributed by atoms with Gasteiger partial charge in [0.25, 0.3) is 0 Å². The van der Waals surface area contributed by atoms with Gasteiger partial charge >= 0.3 is 5.97 Å². The normalized spacial score (nSPS) is 17.0. The molecule has 17 heavy (non-hydrogen) atoms. The van der Waals surface area contributed by atoms with Crippen LogP contribution >= 0.6 is 15.9 Å². The Kier molecular flexibility index (Phi) is 4.15. The molecule has 1 aromatic rings. The number of hydrogen-bond acceptors (Lipinski definition) is 3. The number of aromatic carboxylic acids is 1. The van der Waals surface area contributed by atoms with Crippen LogP contribution in [0.1, 0.15) is 15.9 Å². The number of carboxylic acids is 1. The summed E-state index contributed by atoms with van der Waals surface area (Å²) in [6, 6.07) is 5.39. The Morgan fingerprint density at radius 3 is 2.76 bits per heavy atom. The van der Waals surface area contributed by atoms with Gasteiger partial charge in [-0.3, -0.25) is 4.90 Å². The molecule has 1 N–H and O–H groups in total. The molecule has 0 aliphatic carbocycles. The van der Waals surface area contributed by atoms with Gasteiger partial charge in [-0.25, -0.2) is 4.79 Å². The van der Waals surface area contributed by atoms with Gasteiger partial charge in [-0.15, -0.1) is 0 Å². The first-order valence-corrected chi connectivity index (χ1v) is 6.28. The third-order valence-electron chi connectivity index (χ3n) is 2.80. The molecule has 2 rings (SSSR count). The fourth-order valence-electron chi connectivity index (χ4n) is 1.89. The summed E-state index contributed by atoms with van der Waals surface area (Å²) < 4.78 is 6.06. The Hall–Kier alpha value is -0.910. The number of hydrogen-bond donors (Lipinski definition) is 1. The Morgan fingerprint density at radius 2 is 2.12 bits per heavy atom. The molecule has 0 aromatic heterocycles. The molecular weight excluding hydrogens is 286 g/mol. The van der Waals surface area contributed by atoms with Gasteiger partial charge in [-0.1, -0.05) is 22.0 Å². The molecule has 0 saturated carbocycles. The summed E-state index contributed by atoms with van der Waals surface area (Å²) in [5.41, 5.74) is 1.22. The Bertz CT molecular complexity index is 416. The minimum absolute atomic E-state index is 0.367. The number of benzene rings is 1. The van der Waals surface area contributed by atoms with E-state index in [1.54, 1.807) is 6.07 Å². The maximum absolute atomic E-state index is 11.2. The number of carboxylic acid groups (broad SMARTS) is 1. The van der Waals surface area contributed by atoms with E-state index in [2.05, 4.69) is 20.8 Å². The van der Waals surface area contributed by atoms with Crippen molar-refractivity contribution in [3.63, 3.8) is 0 Å². The van der Waals surface area contributed by atoms with Crippen molar-refractivity contribution >= 4 is 21.9 Å². The van der Waals surface area contributed by atoms with Crippen molar-refractivity contribution in [2.75, 3.05) is 26.3 Å². The molecule has 0 amide bonds. The first kappa shape index (κ1) is 12.5. The summed E-state index contributed by atoms with van der Waals surface area (Å²) in [6.45, 7) is 3.82. The maximum atomic E-state index is 11.2. The summed E-state index contributed by atoms with van der Waals surface area (Å²) in [5, 5.41) is 9.16. The number of ether oxygens (including phenoxy) is 1. The smallest absolute Gasteiger partial charge is 0.336 e. The highest BCUT2D eigenvalue weighted by Crippen LogP contribution is 2.18. The summed E-state index contributed by atoms with van der Waals surface area (Å²) in [6.07, 6.45) is 0. The van der Waals surface area contributed by atoms with Crippen LogP contribution in [0.15, 0.2) is 22.7 Å². The van der Waals surface area contributed by atoms with Crippen molar-refractivity contribution in [3.05, 3.63) is 33.8 Å². The second-order valence-electron chi connectivity index (χ2n) is 4.00. The van der Waals surface area contributed by atoms with E-state index in [0.717, 1.165) is 36.3 Å². The molecule has 5 heteroatoms. The lowest BCUT2D eigenvalue weighted by atomic mass is 10.1. The van der Waals surface area contributed by atoms with Crippen LogP contribution < -0.4 is 0 Å². The predicted octanol–water partition coefficient (Wildman–Crippen LogP) is 1.98. The van der Waals surface area contributed by atoms with Crippen LogP contribution in [0.3, 0.4) is 0 Å². The number of rotatable bonds is 3. The second-order valence-corrected chi connectivity index (χ2v) is 4.91. The van der Waals surface area contributed by atoms with Crippen molar-refractivity contribution in [1.82, 2.24) is 4.90 Å². The second kappa shape index (κ2) is 5.62. The maximum Gasteiger partial charge on any atom is 0.336 e. The Morgan fingerprint density at radius 1 is 1.41 bits per heavy atom. The summed E-state index contributed by atoms with van der Waals surface area (Å²) in [7, 11) is 0. The zero-order chi connectivity index (χ0) is 12.3. The molecule has 1 aliphatic rings. The molecule has 0 unspecified atom stereocenters. The lowest BCUT2D eigenvalue weighted by molar-refractivity contribution is 0.0339. The average Bonchev–Trinajstić information content (AvgIpc) is 2.32. The molecular formula is C12H14BrNO3. The Labute approximate surface area is 108 Å². The van der Waals surface area contributed by atoms with Crippen LogP contribution in [0.25, 0.3) is 0 Å². The molecule has 92 valence electrons. The minimum atomic E-state index is -0.880. The lowest BCUT2D eigenvalue weighted by Gasteiger charge is -2.27. The molecule has 0 atom stereocenters. The van der Waals surface area contributed by atoms with Crippen LogP contribution in [0, 0.1) is 0 Å². The number of morpholine rings is 1. The number of halogens is 1. The largest absolute Gasteiger partial charge is 0.478 e. The van der Waals surface area contributed by atoms with E-state index < -0.39 is 5.97 Å². The molecule has 0 spiro atoms. The van der Waals surface area contributed by atoms with E-state index in [1.807, 2.05) is 12.1 Å². The van der Waals surface area contributed by atoms with Crippen LogP contribution in [0.2, 0.25) is 0 Å². The summed E-state index contributed by atoms with van der Waals surface area (Å²) >= 11 is 3.29. The van der Waals surface area contributed by atoms with Gasteiger partial charge in [0.1, 0.15) is 0 Å². The molecule has 0 radical (unpaired) electrons. The molecule has 1 aromatic carbocycles. The average molecular weight is 300 g/mol. The van der Waals surface area contributed by atoms with E-state index in [1.165, 1.54) is 0 Å². The first-order chi connectivity index (χ1) is 8.16. The highest BCUT2D eigenvalue weighted by Gasteiger charge is 2.15. The predicted molar refractivity (Wildman–Crippen MR) is 67.2 cm³/mol. The Balaban J connectivity index is 2.16. The fourth-order valence-corrected chi connectivity index (χ4v) is 2.25. The van der Waals surface area contributed by atoms with Crippen LogP contribution in [0.4, 0.5) is 0 Å². The zero-order valence-corrected chi connectivity index (χ0v) is 10.9. The third-order valence-corrected chi connectivity index (χ3v) is 3.29. The molecule has 1 fully saturated rings. The van der Waals surface area contributed by atoms with Gasteiger partial charge in [0, 0.05) is 24.1 Å². The van der Waals surface area contributed by atoms with E-state index in [0.29, 0.717) is 12.1 Å². The van der Waals surface area contributed by atoms with E-state index in [-0.39, 0.29) is 0 Å². The highest BCUT2D eigenvalue weighted by molar-refractivity contribution is 9.10. The standard InChI is InChI=1S/C12H14BrNO3/c13-10-2-1-9(11(7-10)12(15)16)8-14-3-5-17-6-4-14/h1-2,7H,3-6,8H2,(H,15,16). The van der Waals surface area contributed by atoms with Crippen molar-refractivity contribution < 1.29 is 14.6 Å². The van der Waals surface area contributed by atoms with Crippen LogP contribution in [-0.2, 0) is 11.3 Å². The first-order valence-electron chi connectivity index (χ1n) is 5.48. The zero-order valence-electron chi connectivity index (χ0n) is 9.36. The molecule has 1 saturated heterocycles. The van der Waals surface area contributed by atoms with E-state index >= 15 is 0 Å². The van der Waals surface area contributed by atoms with Gasteiger partial charge in [0.15, 0.2) is 0 Å². The SMILES string of the molecule is O=C(O)c1cc(Br)ccc1CN1CCOCC1. The number of carbonyl (C=O) groups is 1. The van der Waals surface area contributed by atoms with Gasteiger partial charge in [0.2, 0.25) is 0 Å².